The van der Waals surface area contributed by atoms with Gasteiger partial charge in [0.2, 0.25) is 0 Å². The minimum absolute atomic E-state index is 0.417. The third-order valence-corrected chi connectivity index (χ3v) is 2.71. The van der Waals surface area contributed by atoms with Gasteiger partial charge in [-0.05, 0) is 36.2 Å². The number of nitrogen functional groups attached to an aromatic ring is 1. The van der Waals surface area contributed by atoms with Crippen LogP contribution < -0.4 is 11.1 Å². The monoisotopic (exact) mass is 243 g/mol. The normalized spacial score (nSPS) is 12.1. The topological polar surface area (TPSA) is 71.2 Å². The number of aryl methyl sites for hydroxylation is 1. The number of rotatable bonds is 4. The van der Waals surface area contributed by atoms with E-state index < -0.39 is 6.10 Å². The SMILES string of the molecule is Cc1ccc(NCC(O)c2ccc(N)cc2)nc1. The number of hydrogen-bond acceptors (Lipinski definition) is 4. The summed E-state index contributed by atoms with van der Waals surface area (Å²) in [5, 5.41) is 13.1. The highest BCUT2D eigenvalue weighted by atomic mass is 16.3. The number of nitrogens with one attached hydrogen (secondary N) is 1. The van der Waals surface area contributed by atoms with Crippen LogP contribution in [0.2, 0.25) is 0 Å². The second-order valence-corrected chi connectivity index (χ2v) is 4.28. The molecule has 0 amide bonds. The Hall–Kier alpha value is -2.07. The van der Waals surface area contributed by atoms with Crippen molar-refractivity contribution in [2.45, 2.75) is 13.0 Å². The van der Waals surface area contributed by atoms with Crippen LogP contribution in [-0.4, -0.2) is 16.6 Å². The first-order chi connectivity index (χ1) is 8.65. The summed E-state index contributed by atoms with van der Waals surface area (Å²) in [5.74, 6) is 0.759. The van der Waals surface area contributed by atoms with E-state index in [0.29, 0.717) is 12.2 Å². The van der Waals surface area contributed by atoms with E-state index in [1.54, 1.807) is 18.3 Å². The molecule has 0 spiro atoms. The van der Waals surface area contributed by atoms with Gasteiger partial charge in [0.15, 0.2) is 0 Å². The highest BCUT2D eigenvalue weighted by Crippen LogP contribution is 2.15. The van der Waals surface area contributed by atoms with Gasteiger partial charge in [-0.1, -0.05) is 18.2 Å². The van der Waals surface area contributed by atoms with Gasteiger partial charge in [-0.25, -0.2) is 4.98 Å². The quantitative estimate of drug-likeness (QED) is 0.719. The van der Waals surface area contributed by atoms with E-state index in [0.717, 1.165) is 16.9 Å². The highest BCUT2D eigenvalue weighted by molar-refractivity contribution is 5.40. The number of nitrogens with two attached hydrogens (primary N) is 1. The fourth-order valence-electron chi connectivity index (χ4n) is 1.61. The first-order valence-electron chi connectivity index (χ1n) is 5.85. The standard InChI is InChI=1S/C14H17N3O/c1-10-2-7-14(16-8-10)17-9-13(18)11-3-5-12(15)6-4-11/h2-8,13,18H,9,15H2,1H3,(H,16,17). The highest BCUT2D eigenvalue weighted by Gasteiger charge is 2.06. The van der Waals surface area contributed by atoms with Crippen molar-refractivity contribution in [3.05, 3.63) is 53.7 Å². The summed E-state index contributed by atoms with van der Waals surface area (Å²) < 4.78 is 0. The fraction of sp³-hybridized carbons (Fsp3) is 0.214. The zero-order valence-corrected chi connectivity index (χ0v) is 10.3. The van der Waals surface area contributed by atoms with Crippen LogP contribution in [0.4, 0.5) is 11.5 Å². The lowest BCUT2D eigenvalue weighted by molar-refractivity contribution is 0.191. The molecule has 0 aliphatic heterocycles. The van der Waals surface area contributed by atoms with Crippen LogP contribution in [0.1, 0.15) is 17.2 Å². The largest absolute Gasteiger partial charge is 0.399 e. The van der Waals surface area contributed by atoms with Crippen molar-refractivity contribution >= 4 is 11.5 Å². The minimum atomic E-state index is -0.575. The predicted octanol–water partition coefficient (Wildman–Crippen LogP) is 2.12. The number of benzene rings is 1. The molecule has 2 rings (SSSR count). The van der Waals surface area contributed by atoms with E-state index in [1.165, 1.54) is 0 Å². The van der Waals surface area contributed by atoms with Crippen molar-refractivity contribution in [1.82, 2.24) is 4.98 Å². The van der Waals surface area contributed by atoms with E-state index in [9.17, 15) is 5.11 Å². The van der Waals surface area contributed by atoms with Crippen LogP contribution in [0.5, 0.6) is 0 Å². The molecule has 1 aromatic heterocycles. The van der Waals surface area contributed by atoms with Gasteiger partial charge in [0, 0.05) is 18.4 Å². The first-order valence-corrected chi connectivity index (χ1v) is 5.85. The summed E-state index contributed by atoms with van der Waals surface area (Å²) in [7, 11) is 0. The molecule has 94 valence electrons. The van der Waals surface area contributed by atoms with Gasteiger partial charge in [0.05, 0.1) is 6.10 Å². The van der Waals surface area contributed by atoms with Crippen molar-refractivity contribution in [3.63, 3.8) is 0 Å². The smallest absolute Gasteiger partial charge is 0.125 e. The number of anilines is 2. The summed E-state index contributed by atoms with van der Waals surface area (Å²) >= 11 is 0. The summed E-state index contributed by atoms with van der Waals surface area (Å²) in [5.41, 5.74) is 8.24. The number of aliphatic hydroxyl groups is 1. The van der Waals surface area contributed by atoms with E-state index in [1.807, 2.05) is 31.2 Å². The van der Waals surface area contributed by atoms with Gasteiger partial charge in [-0.15, -0.1) is 0 Å². The molecule has 0 radical (unpaired) electrons. The molecule has 0 aliphatic carbocycles. The number of pyridine rings is 1. The molecule has 1 atom stereocenters. The maximum atomic E-state index is 10.00. The Morgan fingerprint density at radius 2 is 1.94 bits per heavy atom. The molecule has 4 N–H and O–H groups in total. The maximum absolute atomic E-state index is 10.00. The molecule has 2 aromatic rings. The molecule has 0 aliphatic rings. The van der Waals surface area contributed by atoms with Crippen LogP contribution >= 0.6 is 0 Å². The van der Waals surface area contributed by atoms with E-state index in [4.69, 9.17) is 5.73 Å². The molecule has 0 fully saturated rings. The van der Waals surface area contributed by atoms with Gasteiger partial charge in [-0.3, -0.25) is 0 Å². The molecule has 1 unspecified atom stereocenters. The number of aliphatic hydroxyl groups excluding tert-OH is 1. The van der Waals surface area contributed by atoms with Crippen molar-refractivity contribution in [2.24, 2.45) is 0 Å². The van der Waals surface area contributed by atoms with Crippen molar-refractivity contribution in [3.8, 4) is 0 Å². The molecular formula is C14H17N3O. The van der Waals surface area contributed by atoms with Gasteiger partial charge >= 0.3 is 0 Å². The lowest BCUT2D eigenvalue weighted by Crippen LogP contribution is -2.12. The van der Waals surface area contributed by atoms with E-state index in [-0.39, 0.29) is 0 Å². The fourth-order valence-corrected chi connectivity index (χ4v) is 1.61. The Bertz CT molecular complexity index is 493. The van der Waals surface area contributed by atoms with Gasteiger partial charge in [0.25, 0.3) is 0 Å². The van der Waals surface area contributed by atoms with Gasteiger partial charge in [0.1, 0.15) is 5.82 Å². The average Bonchev–Trinajstić information content (AvgIpc) is 2.38. The lowest BCUT2D eigenvalue weighted by atomic mass is 10.1. The van der Waals surface area contributed by atoms with Crippen LogP contribution in [0.3, 0.4) is 0 Å². The Labute approximate surface area is 106 Å². The van der Waals surface area contributed by atoms with Crippen LogP contribution in [-0.2, 0) is 0 Å². The molecule has 1 heterocycles. The van der Waals surface area contributed by atoms with Crippen LogP contribution in [0, 0.1) is 6.92 Å². The van der Waals surface area contributed by atoms with E-state index in [2.05, 4.69) is 10.3 Å². The second kappa shape index (κ2) is 5.51. The van der Waals surface area contributed by atoms with Gasteiger partial charge < -0.3 is 16.2 Å². The van der Waals surface area contributed by atoms with Crippen molar-refractivity contribution in [1.29, 1.82) is 0 Å². The number of nitrogens with zero attached hydrogens (tertiary/aromatic N) is 1. The summed E-state index contributed by atoms with van der Waals surface area (Å²) in [6, 6.07) is 11.1. The third-order valence-electron chi connectivity index (χ3n) is 2.71. The summed E-state index contributed by atoms with van der Waals surface area (Å²) in [6.45, 7) is 2.40. The molecule has 18 heavy (non-hydrogen) atoms. The number of aromatic nitrogens is 1. The van der Waals surface area contributed by atoms with E-state index >= 15 is 0 Å². The Kier molecular flexibility index (Phi) is 3.79. The molecule has 1 aromatic carbocycles. The molecule has 4 heteroatoms. The molecule has 0 saturated carbocycles. The molecule has 0 saturated heterocycles. The third kappa shape index (κ3) is 3.21. The molecular weight excluding hydrogens is 226 g/mol. The van der Waals surface area contributed by atoms with Crippen molar-refractivity contribution < 1.29 is 5.11 Å². The van der Waals surface area contributed by atoms with Crippen LogP contribution in [0.15, 0.2) is 42.6 Å². The Balaban J connectivity index is 1.93. The molecule has 4 nitrogen and oxygen atoms in total. The van der Waals surface area contributed by atoms with Gasteiger partial charge in [-0.2, -0.15) is 0 Å². The van der Waals surface area contributed by atoms with Crippen LogP contribution in [0.25, 0.3) is 0 Å². The second-order valence-electron chi connectivity index (χ2n) is 4.28. The number of hydrogen-bond donors (Lipinski definition) is 3. The summed E-state index contributed by atoms with van der Waals surface area (Å²) in [6.07, 6.45) is 1.21. The Morgan fingerprint density at radius 1 is 1.22 bits per heavy atom. The average molecular weight is 243 g/mol. The minimum Gasteiger partial charge on any atom is -0.399 e. The zero-order chi connectivity index (χ0) is 13.0. The predicted molar refractivity (Wildman–Crippen MR) is 73.3 cm³/mol. The zero-order valence-electron chi connectivity index (χ0n) is 10.3. The summed E-state index contributed by atoms with van der Waals surface area (Å²) in [4.78, 5) is 4.22. The first kappa shape index (κ1) is 12.4. The lowest BCUT2D eigenvalue weighted by Gasteiger charge is -2.12. The maximum Gasteiger partial charge on any atom is 0.125 e. The molecule has 0 bridgehead atoms. The van der Waals surface area contributed by atoms with Crippen molar-refractivity contribution in [2.75, 3.05) is 17.6 Å². The Morgan fingerprint density at radius 3 is 2.56 bits per heavy atom.